The summed E-state index contributed by atoms with van der Waals surface area (Å²) in [7, 11) is 3.25. The number of amides is 1. The Morgan fingerprint density at radius 2 is 1.64 bits per heavy atom. The summed E-state index contributed by atoms with van der Waals surface area (Å²) in [6.07, 6.45) is 3.28. The normalized spacial score (nSPS) is 15.2. The topological polar surface area (TPSA) is 108 Å². The minimum atomic E-state index is -0.478. The molecule has 7 nitrogen and oxygen atoms in total. The minimum Gasteiger partial charge on any atom is -0.508 e. The van der Waals surface area contributed by atoms with Gasteiger partial charge in [0.05, 0.1) is 12.6 Å². The van der Waals surface area contributed by atoms with Crippen LogP contribution in [0.1, 0.15) is 43.4 Å². The van der Waals surface area contributed by atoms with Crippen molar-refractivity contribution < 1.29 is 24.1 Å². The second kappa shape index (κ2) is 16.1. The van der Waals surface area contributed by atoms with E-state index in [1.165, 1.54) is 31.4 Å². The van der Waals surface area contributed by atoms with E-state index >= 15 is 0 Å². The first kappa shape index (κ1) is 28.5. The molecule has 1 aliphatic heterocycles. The number of nitrogens with zero attached hydrogens (tertiary/aromatic N) is 1. The Labute approximate surface area is 196 Å². The number of phenolic OH excluding ortho intramolecular Hbond substituents is 1. The van der Waals surface area contributed by atoms with Crippen molar-refractivity contribution in [1.82, 2.24) is 10.2 Å². The molecule has 1 amide bonds. The number of hydrogen-bond donors (Lipinski definition) is 4. The molecule has 8 heteroatoms. The third kappa shape index (κ3) is 11.3. The van der Waals surface area contributed by atoms with E-state index in [4.69, 9.17) is 5.73 Å². The third-order valence-electron chi connectivity index (χ3n) is 5.25. The molecule has 1 fully saturated rings. The van der Waals surface area contributed by atoms with Gasteiger partial charge in [0.1, 0.15) is 11.6 Å². The van der Waals surface area contributed by atoms with Crippen molar-refractivity contribution in [3.63, 3.8) is 0 Å². The molecule has 5 N–H and O–H groups in total. The molecule has 33 heavy (non-hydrogen) atoms. The SMILES string of the molecule is CC(C(O)c1ccc(O)cc1)N1CCCCC1.COC.NCC(=O)NCc1ccc(F)cc1. The van der Waals surface area contributed by atoms with Gasteiger partial charge in [0.25, 0.3) is 0 Å². The van der Waals surface area contributed by atoms with E-state index in [9.17, 15) is 19.4 Å². The van der Waals surface area contributed by atoms with E-state index in [0.717, 1.165) is 24.2 Å². The molecule has 2 atom stereocenters. The van der Waals surface area contributed by atoms with Gasteiger partial charge < -0.3 is 26.0 Å². The molecule has 0 aromatic heterocycles. The summed E-state index contributed by atoms with van der Waals surface area (Å²) in [5, 5.41) is 22.1. The lowest BCUT2D eigenvalue weighted by molar-refractivity contribution is -0.119. The first-order valence-electron chi connectivity index (χ1n) is 11.1. The predicted octanol–water partition coefficient (Wildman–Crippen LogP) is 2.96. The van der Waals surface area contributed by atoms with Crippen molar-refractivity contribution in [1.29, 1.82) is 0 Å². The van der Waals surface area contributed by atoms with Crippen LogP contribution in [0.15, 0.2) is 48.5 Å². The number of aromatic hydroxyl groups is 1. The number of methoxy groups -OCH3 is 1. The van der Waals surface area contributed by atoms with Crippen LogP contribution in [0.25, 0.3) is 0 Å². The molecular formula is C25H38FN3O4. The zero-order valence-electron chi connectivity index (χ0n) is 19.8. The molecule has 1 heterocycles. The average molecular weight is 464 g/mol. The summed E-state index contributed by atoms with van der Waals surface area (Å²) in [5.41, 5.74) is 6.81. The third-order valence-corrected chi connectivity index (χ3v) is 5.25. The molecule has 1 aliphatic rings. The average Bonchev–Trinajstić information content (AvgIpc) is 2.84. The van der Waals surface area contributed by atoms with E-state index in [1.807, 2.05) is 0 Å². The van der Waals surface area contributed by atoms with Crippen LogP contribution < -0.4 is 11.1 Å². The number of aliphatic hydroxyl groups is 1. The lowest BCUT2D eigenvalue weighted by Crippen LogP contribution is -2.40. The Hall–Kier alpha value is -2.52. The second-order valence-corrected chi connectivity index (χ2v) is 7.89. The summed E-state index contributed by atoms with van der Waals surface area (Å²) in [5.74, 6) is -0.259. The monoisotopic (exact) mass is 463 g/mol. The molecule has 0 radical (unpaired) electrons. The number of hydrogen-bond acceptors (Lipinski definition) is 6. The molecule has 2 aromatic carbocycles. The van der Waals surface area contributed by atoms with E-state index in [-0.39, 0.29) is 30.1 Å². The number of phenols is 1. The van der Waals surface area contributed by atoms with Crippen molar-refractivity contribution in [3.8, 4) is 5.75 Å². The van der Waals surface area contributed by atoms with Crippen molar-refractivity contribution in [2.75, 3.05) is 33.9 Å². The predicted molar refractivity (Wildman–Crippen MR) is 128 cm³/mol. The number of nitrogens with one attached hydrogen (secondary N) is 1. The standard InChI is InChI=1S/C14H21NO2.C9H11FN2O.C2H6O/c1-11(15-9-3-2-4-10-15)14(17)12-5-7-13(16)8-6-12;10-8-3-1-7(2-4-8)6-12-9(13)5-11;1-3-2/h5-8,11,14,16-17H,2-4,9-10H2,1H3;1-4H,5-6,11H2,(H,12,13);1-2H3. The summed E-state index contributed by atoms with van der Waals surface area (Å²) in [6.45, 7) is 4.59. The molecule has 2 aromatic rings. The quantitative estimate of drug-likeness (QED) is 0.525. The van der Waals surface area contributed by atoms with Crippen LogP contribution in [0.2, 0.25) is 0 Å². The first-order valence-corrected chi connectivity index (χ1v) is 11.1. The van der Waals surface area contributed by atoms with Crippen LogP contribution in [-0.2, 0) is 16.1 Å². The van der Waals surface area contributed by atoms with Gasteiger partial charge >= 0.3 is 0 Å². The van der Waals surface area contributed by atoms with Crippen LogP contribution in [0.3, 0.4) is 0 Å². The molecule has 0 saturated carbocycles. The highest BCUT2D eigenvalue weighted by Gasteiger charge is 2.24. The number of ether oxygens (including phenoxy) is 1. The molecule has 184 valence electrons. The first-order chi connectivity index (χ1) is 15.8. The Balaban J connectivity index is 0.000000304. The van der Waals surface area contributed by atoms with Gasteiger partial charge in [-0.2, -0.15) is 0 Å². The van der Waals surface area contributed by atoms with E-state index in [1.54, 1.807) is 50.6 Å². The number of likely N-dealkylation sites (tertiary alicyclic amines) is 1. The Kier molecular flexibility index (Phi) is 14.0. The van der Waals surface area contributed by atoms with E-state index in [2.05, 4.69) is 21.9 Å². The molecule has 2 unspecified atom stereocenters. The fourth-order valence-corrected chi connectivity index (χ4v) is 3.35. The van der Waals surface area contributed by atoms with E-state index in [0.29, 0.717) is 6.54 Å². The summed E-state index contributed by atoms with van der Waals surface area (Å²) in [4.78, 5) is 13.1. The van der Waals surface area contributed by atoms with Gasteiger partial charge in [-0.15, -0.1) is 0 Å². The zero-order chi connectivity index (χ0) is 24.6. The van der Waals surface area contributed by atoms with Gasteiger partial charge in [0, 0.05) is 26.8 Å². The summed E-state index contributed by atoms with van der Waals surface area (Å²) < 4.78 is 16.7. The highest BCUT2D eigenvalue weighted by atomic mass is 19.1. The summed E-state index contributed by atoms with van der Waals surface area (Å²) in [6, 6.07) is 12.9. The van der Waals surface area contributed by atoms with Gasteiger partial charge in [-0.25, -0.2) is 4.39 Å². The maximum Gasteiger partial charge on any atom is 0.234 e. The second-order valence-electron chi connectivity index (χ2n) is 7.89. The highest BCUT2D eigenvalue weighted by Crippen LogP contribution is 2.24. The van der Waals surface area contributed by atoms with Gasteiger partial charge in [0.15, 0.2) is 0 Å². The van der Waals surface area contributed by atoms with Crippen LogP contribution >= 0.6 is 0 Å². The summed E-state index contributed by atoms with van der Waals surface area (Å²) >= 11 is 0. The van der Waals surface area contributed by atoms with Crippen molar-refractivity contribution in [3.05, 3.63) is 65.5 Å². The number of aliphatic hydroxyl groups excluding tert-OH is 1. The zero-order valence-corrected chi connectivity index (χ0v) is 19.8. The fourth-order valence-electron chi connectivity index (χ4n) is 3.35. The maximum atomic E-state index is 12.4. The van der Waals surface area contributed by atoms with Gasteiger partial charge in [-0.1, -0.05) is 30.7 Å². The maximum absolute atomic E-state index is 12.4. The van der Waals surface area contributed by atoms with Crippen LogP contribution in [0.4, 0.5) is 4.39 Å². The van der Waals surface area contributed by atoms with Gasteiger partial charge in [-0.3, -0.25) is 9.69 Å². The molecule has 3 rings (SSSR count). The molecule has 0 bridgehead atoms. The van der Waals surface area contributed by atoms with Crippen molar-refractivity contribution >= 4 is 5.91 Å². The lowest BCUT2D eigenvalue weighted by atomic mass is 10.00. The number of carbonyl (C=O) groups excluding carboxylic acids is 1. The number of benzene rings is 2. The smallest absolute Gasteiger partial charge is 0.234 e. The Morgan fingerprint density at radius 3 is 2.15 bits per heavy atom. The van der Waals surface area contributed by atoms with Crippen LogP contribution in [0.5, 0.6) is 5.75 Å². The lowest BCUT2D eigenvalue weighted by Gasteiger charge is -2.35. The number of nitrogens with two attached hydrogens (primary N) is 1. The Morgan fingerprint density at radius 1 is 1.09 bits per heavy atom. The fraction of sp³-hybridized carbons (Fsp3) is 0.480. The van der Waals surface area contributed by atoms with Crippen molar-refractivity contribution in [2.45, 2.75) is 44.9 Å². The number of halogens is 1. The Bertz CT molecular complexity index is 781. The number of rotatable bonds is 6. The van der Waals surface area contributed by atoms with Gasteiger partial charge in [0.2, 0.25) is 5.91 Å². The number of piperidine rings is 1. The number of carbonyl (C=O) groups is 1. The molecule has 0 aliphatic carbocycles. The van der Waals surface area contributed by atoms with Crippen molar-refractivity contribution in [2.24, 2.45) is 5.73 Å². The minimum absolute atomic E-state index is 0.0266. The van der Waals surface area contributed by atoms with E-state index < -0.39 is 6.10 Å². The molecule has 1 saturated heterocycles. The van der Waals surface area contributed by atoms with Crippen LogP contribution in [0, 0.1) is 5.82 Å². The molecular weight excluding hydrogens is 425 g/mol. The molecule has 0 spiro atoms. The van der Waals surface area contributed by atoms with Gasteiger partial charge in [-0.05, 0) is 68.2 Å². The highest BCUT2D eigenvalue weighted by molar-refractivity contribution is 5.77. The largest absolute Gasteiger partial charge is 0.508 e. The van der Waals surface area contributed by atoms with Crippen LogP contribution in [-0.4, -0.2) is 60.9 Å².